The molecule has 2 aromatic carbocycles. The maximum atomic E-state index is 6.89. The number of hydrogen-bond acceptors (Lipinski definition) is 2. The fourth-order valence-electron chi connectivity index (χ4n) is 1.81. The number of hydrogen-bond donors (Lipinski definition) is 0. The summed E-state index contributed by atoms with van der Waals surface area (Å²) in [5.74, 6) is 0. The minimum absolute atomic E-state index is 0.613. The summed E-state index contributed by atoms with van der Waals surface area (Å²) >= 11 is 0. The van der Waals surface area contributed by atoms with Gasteiger partial charge in [-0.3, -0.25) is 0 Å². The van der Waals surface area contributed by atoms with Gasteiger partial charge < -0.3 is 0 Å². The molecule has 0 radical (unpaired) electrons. The molecule has 0 aliphatic rings. The summed E-state index contributed by atoms with van der Waals surface area (Å²) in [5.41, 5.74) is 4.80. The van der Waals surface area contributed by atoms with Crippen LogP contribution in [0.2, 0.25) is 0 Å². The molecule has 19 heavy (non-hydrogen) atoms. The van der Waals surface area contributed by atoms with Crippen molar-refractivity contribution in [3.05, 3.63) is 65.0 Å². The summed E-state index contributed by atoms with van der Waals surface area (Å²) in [6, 6.07) is 13.2. The van der Waals surface area contributed by atoms with Gasteiger partial charge in [-0.15, -0.1) is 0 Å². The van der Waals surface area contributed by atoms with E-state index in [9.17, 15) is 0 Å². The molecule has 0 heterocycles. The number of aryl methyl sites for hydroxylation is 2. The maximum Gasteiger partial charge on any atom is 0.187 e. The van der Waals surface area contributed by atoms with Gasteiger partial charge in [0.2, 0.25) is 0 Å². The van der Waals surface area contributed by atoms with E-state index in [0.717, 1.165) is 17.8 Å². The lowest BCUT2D eigenvalue weighted by atomic mass is 10.1. The Morgan fingerprint density at radius 3 is 2.26 bits per heavy atom. The van der Waals surface area contributed by atoms with E-state index >= 15 is 0 Å². The highest BCUT2D eigenvalue weighted by Crippen LogP contribution is 2.23. The van der Waals surface area contributed by atoms with Crippen LogP contribution in [0.5, 0.6) is 0 Å². The number of rotatable bonds is 3. The fraction of sp³-hybridized carbons (Fsp3) is 0.188. The van der Waals surface area contributed by atoms with Crippen LogP contribution in [0, 0.1) is 13.5 Å². The minimum Gasteiger partial charge on any atom is -0.238 e. The highest BCUT2D eigenvalue weighted by Gasteiger charge is 1.98. The zero-order valence-electron chi connectivity index (χ0n) is 11.1. The van der Waals surface area contributed by atoms with E-state index < -0.39 is 0 Å². The highest BCUT2D eigenvalue weighted by molar-refractivity contribution is 5.51. The van der Waals surface area contributed by atoms with Gasteiger partial charge in [-0.25, -0.2) is 4.85 Å². The molecule has 0 fully saturated rings. The van der Waals surface area contributed by atoms with E-state index in [2.05, 4.69) is 41.1 Å². The lowest BCUT2D eigenvalue weighted by Gasteiger charge is -2.02. The van der Waals surface area contributed by atoms with Gasteiger partial charge in [0, 0.05) is 0 Å². The first-order valence-electron chi connectivity index (χ1n) is 6.21. The molecule has 0 bridgehead atoms. The van der Waals surface area contributed by atoms with E-state index in [4.69, 9.17) is 6.57 Å². The van der Waals surface area contributed by atoms with Crippen molar-refractivity contribution in [2.24, 2.45) is 10.2 Å². The van der Waals surface area contributed by atoms with Gasteiger partial charge in [0.1, 0.15) is 0 Å². The van der Waals surface area contributed by atoms with E-state index in [1.54, 1.807) is 24.3 Å². The Morgan fingerprint density at radius 2 is 1.63 bits per heavy atom. The van der Waals surface area contributed by atoms with Crippen LogP contribution in [0.25, 0.3) is 4.85 Å². The summed E-state index contributed by atoms with van der Waals surface area (Å²) < 4.78 is 0. The molecule has 0 saturated heterocycles. The molecule has 2 aromatic rings. The Labute approximate surface area is 113 Å². The zero-order valence-corrected chi connectivity index (χ0v) is 11.1. The van der Waals surface area contributed by atoms with Crippen LogP contribution >= 0.6 is 0 Å². The van der Waals surface area contributed by atoms with Crippen LogP contribution in [0.15, 0.2) is 52.7 Å². The first kappa shape index (κ1) is 13.0. The van der Waals surface area contributed by atoms with Gasteiger partial charge in [-0.1, -0.05) is 25.1 Å². The molecule has 0 spiro atoms. The average Bonchev–Trinajstić information content (AvgIpc) is 2.47. The molecule has 0 amide bonds. The maximum absolute atomic E-state index is 6.89. The number of azo groups is 1. The Bertz CT molecular complexity index is 634. The zero-order chi connectivity index (χ0) is 13.7. The fourth-order valence-corrected chi connectivity index (χ4v) is 1.81. The van der Waals surface area contributed by atoms with Crippen molar-refractivity contribution < 1.29 is 0 Å². The Balaban J connectivity index is 2.20. The monoisotopic (exact) mass is 249 g/mol. The topological polar surface area (TPSA) is 29.1 Å². The summed E-state index contributed by atoms with van der Waals surface area (Å²) in [6.07, 6.45) is 0.995. The van der Waals surface area contributed by atoms with E-state index in [0.29, 0.717) is 5.69 Å². The standard InChI is InChI=1S/C16H15N3/c1-4-13-11-16(6-5-12(13)2)19-18-15-9-7-14(17-3)8-10-15/h5-11H,4H2,1-2H3. The molecule has 3 heteroatoms. The molecule has 3 nitrogen and oxygen atoms in total. The number of nitrogens with zero attached hydrogens (tertiary/aromatic N) is 3. The average molecular weight is 249 g/mol. The van der Waals surface area contributed by atoms with Crippen molar-refractivity contribution in [1.82, 2.24) is 0 Å². The number of benzene rings is 2. The Kier molecular flexibility index (Phi) is 4.04. The molecule has 0 atom stereocenters. The van der Waals surface area contributed by atoms with Gasteiger partial charge in [0.05, 0.1) is 17.9 Å². The molecule has 94 valence electrons. The molecule has 0 saturated carbocycles. The van der Waals surface area contributed by atoms with Crippen LogP contribution in [0.1, 0.15) is 18.1 Å². The Hall–Kier alpha value is -2.47. The van der Waals surface area contributed by atoms with Crippen LogP contribution in [-0.2, 0) is 6.42 Å². The van der Waals surface area contributed by atoms with Crippen molar-refractivity contribution in [2.75, 3.05) is 0 Å². The molecule has 0 aliphatic heterocycles. The summed E-state index contributed by atoms with van der Waals surface area (Å²) in [4.78, 5) is 3.34. The SMILES string of the molecule is [C-]#[N+]c1ccc(N=Nc2ccc(C)c(CC)c2)cc1. The van der Waals surface area contributed by atoms with Crippen molar-refractivity contribution >= 4 is 17.1 Å². The molecular weight excluding hydrogens is 234 g/mol. The van der Waals surface area contributed by atoms with Gasteiger partial charge in [0.15, 0.2) is 5.69 Å². The van der Waals surface area contributed by atoms with Crippen LogP contribution < -0.4 is 0 Å². The Morgan fingerprint density at radius 1 is 1.00 bits per heavy atom. The molecule has 0 unspecified atom stereocenters. The van der Waals surface area contributed by atoms with Crippen LogP contribution in [-0.4, -0.2) is 0 Å². The summed E-state index contributed by atoms with van der Waals surface area (Å²) in [7, 11) is 0. The third kappa shape index (κ3) is 3.26. The predicted octanol–water partition coefficient (Wildman–Crippen LogP) is 5.52. The predicted molar refractivity (Wildman–Crippen MR) is 77.4 cm³/mol. The lowest BCUT2D eigenvalue weighted by molar-refractivity contribution is 1.10. The van der Waals surface area contributed by atoms with Crippen molar-refractivity contribution in [3.63, 3.8) is 0 Å². The smallest absolute Gasteiger partial charge is 0.187 e. The van der Waals surface area contributed by atoms with Crippen LogP contribution in [0.3, 0.4) is 0 Å². The van der Waals surface area contributed by atoms with E-state index in [1.165, 1.54) is 11.1 Å². The van der Waals surface area contributed by atoms with Crippen molar-refractivity contribution in [3.8, 4) is 0 Å². The third-order valence-corrected chi connectivity index (χ3v) is 2.97. The van der Waals surface area contributed by atoms with E-state index in [-0.39, 0.29) is 0 Å². The normalized spacial score (nSPS) is 10.6. The lowest BCUT2D eigenvalue weighted by Crippen LogP contribution is -1.84. The highest BCUT2D eigenvalue weighted by atomic mass is 15.1. The van der Waals surface area contributed by atoms with Gasteiger partial charge in [0.25, 0.3) is 0 Å². The second kappa shape index (κ2) is 5.92. The van der Waals surface area contributed by atoms with E-state index in [1.807, 2.05) is 6.07 Å². The molecule has 0 aromatic heterocycles. The van der Waals surface area contributed by atoms with Crippen molar-refractivity contribution in [1.29, 1.82) is 0 Å². The third-order valence-electron chi connectivity index (χ3n) is 2.97. The quantitative estimate of drug-likeness (QED) is 0.506. The minimum atomic E-state index is 0.613. The molecule has 0 aliphatic carbocycles. The van der Waals surface area contributed by atoms with Gasteiger partial charge in [-0.2, -0.15) is 10.2 Å². The second-order valence-electron chi connectivity index (χ2n) is 4.29. The van der Waals surface area contributed by atoms with Gasteiger partial charge in [-0.05, 0) is 48.7 Å². The van der Waals surface area contributed by atoms with Crippen LogP contribution in [0.4, 0.5) is 17.1 Å². The first-order valence-corrected chi connectivity index (χ1v) is 6.21. The summed E-state index contributed by atoms with van der Waals surface area (Å²) in [6.45, 7) is 11.1. The van der Waals surface area contributed by atoms with Crippen molar-refractivity contribution in [2.45, 2.75) is 20.3 Å². The first-order chi connectivity index (χ1) is 9.22. The van der Waals surface area contributed by atoms with Gasteiger partial charge >= 0.3 is 0 Å². The largest absolute Gasteiger partial charge is 0.238 e. The molecular formula is C16H15N3. The molecule has 0 N–H and O–H groups in total. The second-order valence-corrected chi connectivity index (χ2v) is 4.29. The summed E-state index contributed by atoms with van der Waals surface area (Å²) in [5, 5.41) is 8.41. The molecule has 2 rings (SSSR count).